The van der Waals surface area contributed by atoms with Gasteiger partial charge in [0.25, 0.3) is 0 Å². The highest BCUT2D eigenvalue weighted by Crippen LogP contribution is 2.25. The van der Waals surface area contributed by atoms with E-state index >= 15 is 0 Å². The molecule has 0 bridgehead atoms. The van der Waals surface area contributed by atoms with Crippen molar-refractivity contribution in [3.63, 3.8) is 0 Å². The van der Waals surface area contributed by atoms with Crippen molar-refractivity contribution in [2.45, 2.75) is 33.3 Å². The Labute approximate surface area is 88.7 Å². The summed E-state index contributed by atoms with van der Waals surface area (Å²) < 4.78 is 5.74. The summed E-state index contributed by atoms with van der Waals surface area (Å²) in [6.07, 6.45) is 2.87. The van der Waals surface area contributed by atoms with Gasteiger partial charge in [-0.05, 0) is 26.3 Å². The van der Waals surface area contributed by atoms with Gasteiger partial charge >= 0.3 is 0 Å². The number of fused-ring (bicyclic) bond motifs is 1. The predicted molar refractivity (Wildman–Crippen MR) is 59.0 cm³/mol. The lowest BCUT2D eigenvalue weighted by molar-refractivity contribution is 0.211. The summed E-state index contributed by atoms with van der Waals surface area (Å²) >= 11 is 0. The number of aromatic amines is 1. The lowest BCUT2D eigenvalue weighted by Gasteiger charge is -2.11. The second-order valence-corrected chi connectivity index (χ2v) is 3.70. The normalized spacial score (nSPS) is 13.0. The van der Waals surface area contributed by atoms with Crippen LogP contribution in [0.15, 0.2) is 12.3 Å². The third kappa shape index (κ3) is 1.79. The molecule has 0 saturated heterocycles. The molecular weight excluding hydrogens is 190 g/mol. The van der Waals surface area contributed by atoms with Crippen molar-refractivity contribution in [1.29, 1.82) is 0 Å². The number of H-pyrrole nitrogens is 1. The SMILES string of the molecule is CC[C@@H](C)Oc1nccc2n[nH]c(C)c12. The summed E-state index contributed by atoms with van der Waals surface area (Å²) in [5.41, 5.74) is 1.90. The second kappa shape index (κ2) is 3.88. The fourth-order valence-corrected chi connectivity index (χ4v) is 1.44. The Balaban J connectivity index is 2.45. The number of hydrogen-bond acceptors (Lipinski definition) is 3. The highest BCUT2D eigenvalue weighted by Gasteiger charge is 2.11. The van der Waals surface area contributed by atoms with Gasteiger partial charge < -0.3 is 4.74 Å². The first-order valence-electron chi connectivity index (χ1n) is 5.18. The zero-order chi connectivity index (χ0) is 10.8. The van der Waals surface area contributed by atoms with Gasteiger partial charge in [0.1, 0.15) is 0 Å². The molecule has 2 heterocycles. The molecule has 0 spiro atoms. The smallest absolute Gasteiger partial charge is 0.225 e. The Hall–Kier alpha value is -1.58. The van der Waals surface area contributed by atoms with Crippen LogP contribution in [-0.4, -0.2) is 21.3 Å². The van der Waals surface area contributed by atoms with Crippen molar-refractivity contribution >= 4 is 10.9 Å². The summed E-state index contributed by atoms with van der Waals surface area (Å²) in [7, 11) is 0. The molecule has 4 heteroatoms. The van der Waals surface area contributed by atoms with Crippen molar-refractivity contribution in [1.82, 2.24) is 15.2 Å². The third-order valence-corrected chi connectivity index (χ3v) is 2.50. The minimum Gasteiger partial charge on any atom is -0.474 e. The minimum atomic E-state index is 0.178. The molecule has 0 aliphatic carbocycles. The molecule has 0 aromatic carbocycles. The van der Waals surface area contributed by atoms with E-state index in [0.29, 0.717) is 5.88 Å². The number of hydrogen-bond donors (Lipinski definition) is 1. The molecule has 1 N–H and O–H groups in total. The van der Waals surface area contributed by atoms with Crippen LogP contribution in [-0.2, 0) is 0 Å². The Bertz CT molecular complexity index is 464. The zero-order valence-electron chi connectivity index (χ0n) is 9.24. The zero-order valence-corrected chi connectivity index (χ0v) is 9.24. The molecule has 0 fully saturated rings. The molecule has 2 rings (SSSR count). The van der Waals surface area contributed by atoms with E-state index in [4.69, 9.17) is 4.74 Å². The van der Waals surface area contributed by atoms with Crippen molar-refractivity contribution < 1.29 is 4.74 Å². The summed E-state index contributed by atoms with van der Waals surface area (Å²) in [5, 5.41) is 8.09. The van der Waals surface area contributed by atoms with Crippen LogP contribution >= 0.6 is 0 Å². The van der Waals surface area contributed by atoms with Gasteiger partial charge in [0, 0.05) is 11.9 Å². The van der Waals surface area contributed by atoms with E-state index in [1.165, 1.54) is 0 Å². The lowest BCUT2D eigenvalue weighted by atomic mass is 10.2. The Morgan fingerprint density at radius 1 is 1.53 bits per heavy atom. The van der Waals surface area contributed by atoms with Crippen LogP contribution in [0.25, 0.3) is 10.9 Å². The van der Waals surface area contributed by atoms with Gasteiger partial charge in [0.2, 0.25) is 5.88 Å². The van der Waals surface area contributed by atoms with E-state index in [0.717, 1.165) is 23.0 Å². The van der Waals surface area contributed by atoms with Crippen LogP contribution in [0.2, 0.25) is 0 Å². The second-order valence-electron chi connectivity index (χ2n) is 3.70. The minimum absolute atomic E-state index is 0.178. The molecule has 0 unspecified atom stereocenters. The maximum absolute atomic E-state index is 5.74. The monoisotopic (exact) mass is 205 g/mol. The van der Waals surface area contributed by atoms with Gasteiger partial charge in [0.05, 0.1) is 17.0 Å². The van der Waals surface area contributed by atoms with Crippen molar-refractivity contribution in [2.24, 2.45) is 0 Å². The Morgan fingerprint density at radius 3 is 3.07 bits per heavy atom. The number of aromatic nitrogens is 3. The van der Waals surface area contributed by atoms with Crippen molar-refractivity contribution in [3.8, 4) is 5.88 Å². The highest BCUT2D eigenvalue weighted by molar-refractivity contribution is 5.85. The molecule has 1 atom stereocenters. The fourth-order valence-electron chi connectivity index (χ4n) is 1.44. The van der Waals surface area contributed by atoms with Crippen molar-refractivity contribution in [3.05, 3.63) is 18.0 Å². The third-order valence-electron chi connectivity index (χ3n) is 2.50. The predicted octanol–water partition coefficient (Wildman–Crippen LogP) is 2.44. The number of nitrogens with one attached hydrogen (secondary N) is 1. The van der Waals surface area contributed by atoms with Gasteiger partial charge in [-0.25, -0.2) is 4.98 Å². The van der Waals surface area contributed by atoms with E-state index in [1.807, 2.05) is 19.9 Å². The number of pyridine rings is 1. The Morgan fingerprint density at radius 2 is 2.33 bits per heavy atom. The molecule has 0 amide bonds. The van der Waals surface area contributed by atoms with Crippen LogP contribution in [0.4, 0.5) is 0 Å². The van der Waals surface area contributed by atoms with Gasteiger partial charge in [-0.1, -0.05) is 6.92 Å². The summed E-state index contributed by atoms with van der Waals surface area (Å²) in [4.78, 5) is 4.25. The molecule has 0 aliphatic rings. The molecule has 80 valence electrons. The molecule has 2 aromatic heterocycles. The molecule has 0 saturated carbocycles. The van der Waals surface area contributed by atoms with Gasteiger partial charge in [-0.3, -0.25) is 5.10 Å². The van der Waals surface area contributed by atoms with E-state index in [9.17, 15) is 0 Å². The van der Waals surface area contributed by atoms with Gasteiger partial charge in [-0.2, -0.15) is 5.10 Å². The average molecular weight is 205 g/mol. The van der Waals surface area contributed by atoms with Crippen LogP contribution in [0, 0.1) is 6.92 Å². The fraction of sp³-hybridized carbons (Fsp3) is 0.455. The number of aryl methyl sites for hydroxylation is 1. The number of ether oxygens (including phenoxy) is 1. The lowest BCUT2D eigenvalue weighted by Crippen LogP contribution is -2.10. The number of nitrogens with zero attached hydrogens (tertiary/aromatic N) is 2. The average Bonchev–Trinajstić information content (AvgIpc) is 2.61. The van der Waals surface area contributed by atoms with Crippen LogP contribution in [0.5, 0.6) is 5.88 Å². The van der Waals surface area contributed by atoms with E-state index in [1.54, 1.807) is 6.20 Å². The topological polar surface area (TPSA) is 50.8 Å². The maximum atomic E-state index is 5.74. The number of rotatable bonds is 3. The summed E-state index contributed by atoms with van der Waals surface area (Å²) in [5.74, 6) is 0.674. The first kappa shape index (κ1) is 9.96. The Kier molecular flexibility index (Phi) is 2.58. The highest BCUT2D eigenvalue weighted by atomic mass is 16.5. The molecule has 2 aromatic rings. The van der Waals surface area contributed by atoms with E-state index < -0.39 is 0 Å². The summed E-state index contributed by atoms with van der Waals surface area (Å²) in [6, 6.07) is 1.88. The van der Waals surface area contributed by atoms with Crippen LogP contribution < -0.4 is 4.74 Å². The molecule has 4 nitrogen and oxygen atoms in total. The molecule has 0 radical (unpaired) electrons. The first-order chi connectivity index (χ1) is 7.22. The van der Waals surface area contributed by atoms with Crippen molar-refractivity contribution in [2.75, 3.05) is 0 Å². The standard InChI is InChI=1S/C11H15N3O/c1-4-7(2)15-11-10-8(3)13-14-9(10)5-6-12-11/h5-7H,4H2,1-3H3,(H,13,14)/t7-/m1/s1. The van der Waals surface area contributed by atoms with Crippen LogP contribution in [0.1, 0.15) is 26.0 Å². The summed E-state index contributed by atoms with van der Waals surface area (Å²) in [6.45, 7) is 6.10. The van der Waals surface area contributed by atoms with Gasteiger partial charge in [-0.15, -0.1) is 0 Å². The molecular formula is C11H15N3O. The van der Waals surface area contributed by atoms with E-state index in [-0.39, 0.29) is 6.10 Å². The first-order valence-corrected chi connectivity index (χ1v) is 5.18. The largest absolute Gasteiger partial charge is 0.474 e. The quantitative estimate of drug-likeness (QED) is 0.837. The van der Waals surface area contributed by atoms with Crippen LogP contribution in [0.3, 0.4) is 0 Å². The molecule has 15 heavy (non-hydrogen) atoms. The molecule has 0 aliphatic heterocycles. The van der Waals surface area contributed by atoms with E-state index in [2.05, 4.69) is 22.1 Å². The van der Waals surface area contributed by atoms with Gasteiger partial charge in [0.15, 0.2) is 0 Å². The maximum Gasteiger partial charge on any atom is 0.225 e.